The lowest BCUT2D eigenvalue weighted by Crippen LogP contribution is -2.46. The Bertz CT molecular complexity index is 763. The first-order valence-electron chi connectivity index (χ1n) is 6.77. The maximum absolute atomic E-state index is 12.0. The largest absolute Gasteiger partial charge is 0.379 e. The van der Waals surface area contributed by atoms with E-state index in [0.717, 1.165) is 10.0 Å². The molecule has 2 aromatic rings. The molecule has 21 heavy (non-hydrogen) atoms. The van der Waals surface area contributed by atoms with Crippen LogP contribution in [0.15, 0.2) is 40.9 Å². The van der Waals surface area contributed by atoms with Crippen LogP contribution in [0, 0.1) is 0 Å². The predicted octanol–water partition coefficient (Wildman–Crippen LogP) is 4.32. The zero-order valence-electron chi connectivity index (χ0n) is 11.2. The Hall–Kier alpha value is -0.970. The number of ketones is 1. The third-order valence-electron chi connectivity index (χ3n) is 4.46. The molecule has 2 nitrogen and oxygen atoms in total. The normalized spacial score (nSPS) is 17.2. The van der Waals surface area contributed by atoms with E-state index in [2.05, 4.69) is 62.2 Å². The van der Waals surface area contributed by atoms with Gasteiger partial charge < -0.3 is 4.74 Å². The summed E-state index contributed by atoms with van der Waals surface area (Å²) in [6.07, 6.45) is 0. The van der Waals surface area contributed by atoms with Crippen molar-refractivity contribution in [2.45, 2.75) is 5.41 Å². The van der Waals surface area contributed by atoms with Crippen molar-refractivity contribution in [1.82, 2.24) is 0 Å². The number of alkyl halides is 1. The van der Waals surface area contributed by atoms with Gasteiger partial charge in [-0.3, -0.25) is 4.79 Å². The second-order valence-electron chi connectivity index (χ2n) is 5.58. The van der Waals surface area contributed by atoms with Gasteiger partial charge in [-0.25, -0.2) is 0 Å². The van der Waals surface area contributed by atoms with Crippen LogP contribution in [-0.4, -0.2) is 24.3 Å². The SMILES string of the molecule is O=C(CBr)c1ccc2c(c1)C1(COC1)c1cc(Br)ccc1-2. The van der Waals surface area contributed by atoms with Crippen molar-refractivity contribution in [2.75, 3.05) is 18.5 Å². The van der Waals surface area contributed by atoms with E-state index in [-0.39, 0.29) is 11.2 Å². The van der Waals surface area contributed by atoms with Crippen molar-refractivity contribution in [3.05, 3.63) is 57.6 Å². The number of benzene rings is 2. The number of hydrogen-bond donors (Lipinski definition) is 0. The highest BCUT2D eigenvalue weighted by Crippen LogP contribution is 2.53. The van der Waals surface area contributed by atoms with Gasteiger partial charge in [-0.1, -0.05) is 50.1 Å². The van der Waals surface area contributed by atoms with Crippen molar-refractivity contribution in [3.63, 3.8) is 0 Å². The lowest BCUT2D eigenvalue weighted by molar-refractivity contribution is -0.0358. The lowest BCUT2D eigenvalue weighted by Gasteiger charge is -2.40. The van der Waals surface area contributed by atoms with Crippen LogP contribution in [0.5, 0.6) is 0 Å². The van der Waals surface area contributed by atoms with E-state index < -0.39 is 0 Å². The molecular formula is C17H12Br2O2. The van der Waals surface area contributed by atoms with Gasteiger partial charge in [0.2, 0.25) is 0 Å². The first-order chi connectivity index (χ1) is 10.2. The van der Waals surface area contributed by atoms with Gasteiger partial charge in [0.25, 0.3) is 0 Å². The summed E-state index contributed by atoms with van der Waals surface area (Å²) in [4.78, 5) is 12.0. The number of fused-ring (bicyclic) bond motifs is 5. The molecule has 0 amide bonds. The number of ether oxygens (including phenoxy) is 1. The molecule has 2 aliphatic rings. The van der Waals surface area contributed by atoms with Crippen LogP contribution >= 0.6 is 31.9 Å². The molecule has 0 atom stereocenters. The van der Waals surface area contributed by atoms with Crippen LogP contribution in [0.1, 0.15) is 21.5 Å². The van der Waals surface area contributed by atoms with E-state index in [9.17, 15) is 4.79 Å². The van der Waals surface area contributed by atoms with Crippen LogP contribution in [0.4, 0.5) is 0 Å². The molecule has 1 heterocycles. The second kappa shape index (κ2) is 4.77. The molecule has 0 N–H and O–H groups in total. The lowest BCUT2D eigenvalue weighted by atomic mass is 9.76. The molecule has 0 bridgehead atoms. The summed E-state index contributed by atoms with van der Waals surface area (Å²) in [6.45, 7) is 1.38. The number of carbonyl (C=O) groups excluding carboxylic acids is 1. The van der Waals surface area contributed by atoms with E-state index in [1.165, 1.54) is 22.3 Å². The summed E-state index contributed by atoms with van der Waals surface area (Å²) in [5, 5.41) is 0.355. The molecule has 1 spiro atoms. The molecule has 0 saturated carbocycles. The summed E-state index contributed by atoms with van der Waals surface area (Å²) >= 11 is 6.81. The van der Waals surface area contributed by atoms with Crippen molar-refractivity contribution < 1.29 is 9.53 Å². The Kier molecular flexibility index (Phi) is 3.10. The van der Waals surface area contributed by atoms with Gasteiger partial charge in [-0.15, -0.1) is 0 Å². The number of carbonyl (C=O) groups is 1. The van der Waals surface area contributed by atoms with E-state index in [4.69, 9.17) is 4.74 Å². The molecule has 1 fully saturated rings. The molecule has 0 unspecified atom stereocenters. The molecular weight excluding hydrogens is 396 g/mol. The highest BCUT2D eigenvalue weighted by molar-refractivity contribution is 9.10. The van der Waals surface area contributed by atoms with Crippen LogP contribution in [0.3, 0.4) is 0 Å². The predicted molar refractivity (Wildman–Crippen MR) is 89.3 cm³/mol. The van der Waals surface area contributed by atoms with Crippen LogP contribution in [0.2, 0.25) is 0 Å². The first kappa shape index (κ1) is 13.7. The van der Waals surface area contributed by atoms with Crippen LogP contribution in [-0.2, 0) is 10.2 Å². The highest BCUT2D eigenvalue weighted by Gasteiger charge is 2.49. The minimum atomic E-state index is -0.0724. The standard InChI is InChI=1S/C17H12Br2O2/c18-7-16(20)10-1-3-12-13-4-2-11(19)6-15(13)17(8-21-9-17)14(12)5-10/h1-6H,7-9H2. The molecule has 1 aliphatic carbocycles. The van der Waals surface area contributed by atoms with Crippen molar-refractivity contribution in [2.24, 2.45) is 0 Å². The van der Waals surface area contributed by atoms with Crippen molar-refractivity contribution in [3.8, 4) is 11.1 Å². The average Bonchev–Trinajstić information content (AvgIpc) is 2.74. The smallest absolute Gasteiger partial charge is 0.173 e. The first-order valence-corrected chi connectivity index (χ1v) is 8.69. The number of halogens is 2. The van der Waals surface area contributed by atoms with E-state index in [1.807, 2.05) is 6.07 Å². The van der Waals surface area contributed by atoms with E-state index in [0.29, 0.717) is 18.5 Å². The summed E-state index contributed by atoms with van der Waals surface area (Å²) in [6, 6.07) is 12.5. The maximum Gasteiger partial charge on any atom is 0.173 e. The fourth-order valence-corrected chi connectivity index (χ4v) is 4.02. The summed E-state index contributed by atoms with van der Waals surface area (Å²) in [7, 11) is 0. The zero-order valence-corrected chi connectivity index (χ0v) is 14.3. The summed E-state index contributed by atoms with van der Waals surface area (Å²) in [5.74, 6) is 0.116. The van der Waals surface area contributed by atoms with E-state index in [1.54, 1.807) is 0 Å². The van der Waals surface area contributed by atoms with Gasteiger partial charge in [0, 0.05) is 10.0 Å². The van der Waals surface area contributed by atoms with E-state index >= 15 is 0 Å². The van der Waals surface area contributed by atoms with Crippen molar-refractivity contribution in [1.29, 1.82) is 0 Å². The highest BCUT2D eigenvalue weighted by atomic mass is 79.9. The number of Topliss-reactive ketones (excluding diaryl/α,β-unsaturated/α-hetero) is 1. The molecule has 0 radical (unpaired) electrons. The molecule has 4 rings (SSSR count). The minimum Gasteiger partial charge on any atom is -0.379 e. The van der Waals surface area contributed by atoms with Gasteiger partial charge in [-0.2, -0.15) is 0 Å². The van der Waals surface area contributed by atoms with Crippen molar-refractivity contribution >= 4 is 37.6 Å². The van der Waals surface area contributed by atoms with Gasteiger partial charge in [0.05, 0.1) is 24.0 Å². The summed E-state index contributed by atoms with van der Waals surface area (Å²) < 4.78 is 6.61. The Morgan fingerprint density at radius 1 is 1.10 bits per heavy atom. The molecule has 0 aromatic heterocycles. The second-order valence-corrected chi connectivity index (χ2v) is 7.06. The van der Waals surface area contributed by atoms with Gasteiger partial charge in [0.1, 0.15) is 0 Å². The third-order valence-corrected chi connectivity index (χ3v) is 5.47. The third kappa shape index (κ3) is 1.82. The monoisotopic (exact) mass is 406 g/mol. The Labute approximate surface area is 139 Å². The Morgan fingerprint density at radius 3 is 2.38 bits per heavy atom. The fraction of sp³-hybridized carbons (Fsp3) is 0.235. The number of rotatable bonds is 2. The quantitative estimate of drug-likeness (QED) is 0.547. The van der Waals surface area contributed by atoms with Crippen LogP contribution < -0.4 is 0 Å². The maximum atomic E-state index is 12.0. The van der Waals surface area contributed by atoms with Gasteiger partial charge in [-0.05, 0) is 40.5 Å². The molecule has 2 aromatic carbocycles. The Balaban J connectivity index is 1.96. The summed E-state index contributed by atoms with van der Waals surface area (Å²) in [5.41, 5.74) is 5.72. The van der Waals surface area contributed by atoms with Gasteiger partial charge in [0.15, 0.2) is 5.78 Å². The average molecular weight is 408 g/mol. The molecule has 106 valence electrons. The molecule has 4 heteroatoms. The zero-order chi connectivity index (χ0) is 14.6. The Morgan fingerprint density at radius 2 is 1.76 bits per heavy atom. The van der Waals surface area contributed by atoms with Crippen LogP contribution in [0.25, 0.3) is 11.1 Å². The minimum absolute atomic E-state index is 0.0724. The number of hydrogen-bond acceptors (Lipinski definition) is 2. The molecule has 1 saturated heterocycles. The molecule has 1 aliphatic heterocycles. The fourth-order valence-electron chi connectivity index (χ4n) is 3.34. The van der Waals surface area contributed by atoms with Gasteiger partial charge >= 0.3 is 0 Å². The topological polar surface area (TPSA) is 26.3 Å².